The standard InChI is InChI=1S/C12H23NO7S2/c1-6-9(14)10(15)11(16)12(20-6)19-5-7-3-8(21)4-13(7)22(2,17)18/h6-12,14-16,21H,3-5H2,1-2H3/t6-,7-,8+,9+,10+,11+,12-/m0/s1. The summed E-state index contributed by atoms with van der Waals surface area (Å²) in [6.45, 7) is 1.88. The molecule has 10 heteroatoms. The zero-order valence-corrected chi connectivity index (χ0v) is 14.2. The summed E-state index contributed by atoms with van der Waals surface area (Å²) >= 11 is 4.31. The Labute approximate surface area is 135 Å². The van der Waals surface area contributed by atoms with Gasteiger partial charge in [-0.3, -0.25) is 0 Å². The third kappa shape index (κ3) is 3.93. The van der Waals surface area contributed by atoms with Gasteiger partial charge in [0.25, 0.3) is 0 Å². The predicted molar refractivity (Wildman–Crippen MR) is 81.0 cm³/mol. The van der Waals surface area contributed by atoms with Gasteiger partial charge in [0.15, 0.2) is 6.29 Å². The van der Waals surface area contributed by atoms with Crippen molar-refractivity contribution in [3.63, 3.8) is 0 Å². The van der Waals surface area contributed by atoms with Crippen molar-refractivity contribution in [3.05, 3.63) is 0 Å². The number of sulfonamides is 1. The van der Waals surface area contributed by atoms with E-state index in [1.165, 1.54) is 4.31 Å². The van der Waals surface area contributed by atoms with Crippen molar-refractivity contribution in [1.82, 2.24) is 4.31 Å². The summed E-state index contributed by atoms with van der Waals surface area (Å²) in [5, 5.41) is 29.1. The summed E-state index contributed by atoms with van der Waals surface area (Å²) < 4.78 is 35.6. The number of aliphatic hydroxyl groups excluding tert-OH is 3. The Balaban J connectivity index is 1.97. The second kappa shape index (κ2) is 6.89. The van der Waals surface area contributed by atoms with Gasteiger partial charge < -0.3 is 24.8 Å². The van der Waals surface area contributed by atoms with E-state index in [0.717, 1.165) is 6.26 Å². The highest BCUT2D eigenvalue weighted by atomic mass is 32.2. The first-order valence-corrected chi connectivity index (χ1v) is 9.44. The SMILES string of the molecule is C[C@@H]1O[C@H](OC[C@@H]2C[C@@H](S)CN2S(C)(=O)=O)[C@H](O)[C@H](O)[C@@H]1O. The van der Waals surface area contributed by atoms with Crippen LogP contribution in [0.25, 0.3) is 0 Å². The highest BCUT2D eigenvalue weighted by Crippen LogP contribution is 2.27. The fraction of sp³-hybridized carbons (Fsp3) is 1.00. The van der Waals surface area contributed by atoms with Gasteiger partial charge >= 0.3 is 0 Å². The molecule has 2 aliphatic rings. The molecule has 0 spiro atoms. The van der Waals surface area contributed by atoms with Gasteiger partial charge in [-0.15, -0.1) is 0 Å². The first-order valence-electron chi connectivity index (χ1n) is 7.07. The van der Waals surface area contributed by atoms with E-state index in [2.05, 4.69) is 12.6 Å². The Kier molecular flexibility index (Phi) is 5.77. The lowest BCUT2D eigenvalue weighted by Crippen LogP contribution is -2.57. The fourth-order valence-electron chi connectivity index (χ4n) is 2.78. The van der Waals surface area contributed by atoms with Crippen molar-refractivity contribution in [2.24, 2.45) is 0 Å². The van der Waals surface area contributed by atoms with Crippen molar-refractivity contribution < 1.29 is 33.2 Å². The van der Waals surface area contributed by atoms with Crippen LogP contribution in [0.3, 0.4) is 0 Å². The van der Waals surface area contributed by atoms with Gasteiger partial charge in [-0.2, -0.15) is 16.9 Å². The molecule has 0 bridgehead atoms. The number of rotatable bonds is 4. The molecular weight excluding hydrogens is 334 g/mol. The van der Waals surface area contributed by atoms with Gasteiger partial charge in [0.2, 0.25) is 10.0 Å². The molecule has 130 valence electrons. The number of aliphatic hydroxyl groups is 3. The smallest absolute Gasteiger partial charge is 0.211 e. The third-order valence-electron chi connectivity index (χ3n) is 4.03. The monoisotopic (exact) mass is 357 g/mol. The Hall–Kier alpha value is 0.0600. The zero-order chi connectivity index (χ0) is 16.7. The quantitative estimate of drug-likeness (QED) is 0.437. The Morgan fingerprint density at radius 3 is 2.50 bits per heavy atom. The van der Waals surface area contributed by atoms with Crippen LogP contribution in [0, 0.1) is 0 Å². The lowest BCUT2D eigenvalue weighted by Gasteiger charge is -2.39. The van der Waals surface area contributed by atoms with Crippen LogP contribution in [0.5, 0.6) is 0 Å². The van der Waals surface area contributed by atoms with Crippen LogP contribution >= 0.6 is 12.6 Å². The highest BCUT2D eigenvalue weighted by Gasteiger charge is 2.43. The molecule has 2 heterocycles. The number of nitrogens with zero attached hydrogens (tertiary/aromatic N) is 1. The second-order valence-electron chi connectivity index (χ2n) is 5.89. The third-order valence-corrected chi connectivity index (χ3v) is 5.70. The van der Waals surface area contributed by atoms with Gasteiger partial charge in [0, 0.05) is 17.8 Å². The van der Waals surface area contributed by atoms with Gasteiger partial charge in [-0.05, 0) is 13.3 Å². The number of ether oxygens (including phenoxy) is 2. The topological polar surface area (TPSA) is 117 Å². The molecule has 2 aliphatic heterocycles. The molecule has 0 unspecified atom stereocenters. The molecule has 0 saturated carbocycles. The average Bonchev–Trinajstić information content (AvgIpc) is 2.80. The fourth-order valence-corrected chi connectivity index (χ4v) is 4.45. The molecule has 0 amide bonds. The maximum absolute atomic E-state index is 11.7. The molecule has 2 saturated heterocycles. The molecular formula is C12H23NO7S2. The van der Waals surface area contributed by atoms with E-state index in [-0.39, 0.29) is 11.9 Å². The summed E-state index contributed by atoms with van der Waals surface area (Å²) in [5.74, 6) is 0. The van der Waals surface area contributed by atoms with Crippen molar-refractivity contribution in [2.75, 3.05) is 19.4 Å². The first kappa shape index (κ1) is 18.4. The molecule has 0 aromatic rings. The molecule has 0 aromatic carbocycles. The van der Waals surface area contributed by atoms with E-state index in [4.69, 9.17) is 9.47 Å². The van der Waals surface area contributed by atoms with E-state index < -0.39 is 46.8 Å². The van der Waals surface area contributed by atoms with Crippen LogP contribution in [0.4, 0.5) is 0 Å². The van der Waals surface area contributed by atoms with Gasteiger partial charge in [-0.1, -0.05) is 0 Å². The van der Waals surface area contributed by atoms with E-state index in [0.29, 0.717) is 13.0 Å². The number of thiol groups is 1. The molecule has 8 nitrogen and oxygen atoms in total. The molecule has 0 aliphatic carbocycles. The molecule has 2 rings (SSSR count). The molecule has 22 heavy (non-hydrogen) atoms. The van der Waals surface area contributed by atoms with Crippen molar-refractivity contribution >= 4 is 22.7 Å². The van der Waals surface area contributed by atoms with E-state index in [9.17, 15) is 23.7 Å². The van der Waals surface area contributed by atoms with Crippen molar-refractivity contribution in [1.29, 1.82) is 0 Å². The molecule has 3 N–H and O–H groups in total. The lowest BCUT2D eigenvalue weighted by molar-refractivity contribution is -0.294. The van der Waals surface area contributed by atoms with E-state index in [1.54, 1.807) is 6.92 Å². The highest BCUT2D eigenvalue weighted by molar-refractivity contribution is 7.88. The van der Waals surface area contributed by atoms with Gasteiger partial charge in [-0.25, -0.2) is 8.42 Å². The Morgan fingerprint density at radius 2 is 1.91 bits per heavy atom. The maximum Gasteiger partial charge on any atom is 0.211 e. The number of hydrogen-bond donors (Lipinski definition) is 4. The normalized spacial score (nSPS) is 44.4. The zero-order valence-electron chi connectivity index (χ0n) is 12.4. The van der Waals surface area contributed by atoms with Crippen LogP contribution in [0.2, 0.25) is 0 Å². The van der Waals surface area contributed by atoms with Crippen LogP contribution < -0.4 is 0 Å². The summed E-state index contributed by atoms with van der Waals surface area (Å²) in [7, 11) is -3.37. The van der Waals surface area contributed by atoms with Crippen molar-refractivity contribution in [3.8, 4) is 0 Å². The van der Waals surface area contributed by atoms with Gasteiger partial charge in [0.05, 0.1) is 19.0 Å². The minimum absolute atomic E-state index is 0.0153. The molecule has 0 radical (unpaired) electrons. The van der Waals surface area contributed by atoms with Crippen LogP contribution in [0.1, 0.15) is 13.3 Å². The van der Waals surface area contributed by atoms with Crippen LogP contribution in [-0.2, 0) is 19.5 Å². The Bertz CT molecular complexity index is 488. The molecule has 7 atom stereocenters. The summed E-state index contributed by atoms with van der Waals surface area (Å²) in [4.78, 5) is 0. The maximum atomic E-state index is 11.7. The average molecular weight is 357 g/mol. The van der Waals surface area contributed by atoms with E-state index >= 15 is 0 Å². The summed E-state index contributed by atoms with van der Waals surface area (Å²) in [6.07, 6.45) is -4.13. The van der Waals surface area contributed by atoms with Gasteiger partial charge in [0.1, 0.15) is 18.3 Å². The minimum Gasteiger partial charge on any atom is -0.388 e. The predicted octanol–water partition coefficient (Wildman–Crippen LogP) is -1.84. The van der Waals surface area contributed by atoms with Crippen molar-refractivity contribution in [2.45, 2.75) is 55.3 Å². The minimum atomic E-state index is -3.37. The van der Waals surface area contributed by atoms with Crippen LogP contribution in [-0.4, -0.2) is 89.4 Å². The van der Waals surface area contributed by atoms with E-state index in [1.807, 2.05) is 0 Å². The second-order valence-corrected chi connectivity index (χ2v) is 8.56. The van der Waals surface area contributed by atoms with Crippen LogP contribution in [0.15, 0.2) is 0 Å². The summed E-state index contributed by atoms with van der Waals surface area (Å²) in [5.41, 5.74) is 0. The molecule has 2 fully saturated rings. The lowest BCUT2D eigenvalue weighted by atomic mass is 10.00. The molecule has 0 aromatic heterocycles. The largest absolute Gasteiger partial charge is 0.388 e. The first-order chi connectivity index (χ1) is 10.1. The summed E-state index contributed by atoms with van der Waals surface area (Å²) in [6, 6.07) is -0.396. The number of hydrogen-bond acceptors (Lipinski definition) is 8. The Morgan fingerprint density at radius 1 is 1.27 bits per heavy atom.